The molecule has 0 radical (unpaired) electrons. The second kappa shape index (κ2) is 12.5. The van der Waals surface area contributed by atoms with Crippen LogP contribution in [-0.4, -0.2) is 91.3 Å². The first-order chi connectivity index (χ1) is 20.1. The minimum absolute atomic E-state index is 0.0443. The molecular formula is C26H31Cl2N11O3. The van der Waals surface area contributed by atoms with E-state index >= 15 is 0 Å². The fraction of sp³-hybridized carbons (Fsp3) is 0.423. The van der Waals surface area contributed by atoms with Gasteiger partial charge in [-0.25, -0.2) is 19.9 Å². The van der Waals surface area contributed by atoms with Crippen LogP contribution in [0.25, 0.3) is 0 Å². The molecule has 5 rings (SSSR count). The highest BCUT2D eigenvalue weighted by Crippen LogP contribution is 2.30. The number of pyridine rings is 1. The van der Waals surface area contributed by atoms with Crippen LogP contribution in [0.15, 0.2) is 29.2 Å². The fourth-order valence-corrected chi connectivity index (χ4v) is 5.90. The molecule has 16 heteroatoms. The molecule has 5 heterocycles. The van der Waals surface area contributed by atoms with Crippen LogP contribution in [0.2, 0.25) is 10.3 Å². The first-order valence-corrected chi connectivity index (χ1v) is 14.3. The van der Waals surface area contributed by atoms with E-state index in [2.05, 4.69) is 42.1 Å². The number of aromatic amines is 1. The monoisotopic (exact) mass is 615 g/mol. The second-order valence-electron chi connectivity index (χ2n) is 10.1. The summed E-state index contributed by atoms with van der Waals surface area (Å²) in [5.74, 6) is -0.421. The number of amides is 2. The lowest BCUT2D eigenvalue weighted by molar-refractivity contribution is 0.0491. The minimum atomic E-state index is -0.695. The van der Waals surface area contributed by atoms with Gasteiger partial charge >= 0.3 is 0 Å². The number of likely N-dealkylation sites (tertiary alicyclic amines) is 1. The maximum atomic E-state index is 13.0. The molecule has 3 aromatic rings. The third-order valence-corrected chi connectivity index (χ3v) is 8.09. The summed E-state index contributed by atoms with van der Waals surface area (Å²) >= 11 is 12.4. The number of hydrogen-bond donors (Lipinski definition) is 4. The molecule has 42 heavy (non-hydrogen) atoms. The Hall–Kier alpha value is -4.01. The van der Waals surface area contributed by atoms with Crippen molar-refractivity contribution < 1.29 is 9.59 Å². The number of hydrogen-bond acceptors (Lipinski definition) is 11. The van der Waals surface area contributed by atoms with E-state index in [1.165, 1.54) is 12.3 Å². The van der Waals surface area contributed by atoms with Crippen molar-refractivity contribution in [2.75, 3.05) is 54.4 Å². The summed E-state index contributed by atoms with van der Waals surface area (Å²) in [5.41, 5.74) is 11.8. The highest BCUT2D eigenvalue weighted by Gasteiger charge is 2.35. The number of nitrogens with two attached hydrogens (primary N) is 2. The summed E-state index contributed by atoms with van der Waals surface area (Å²) in [6.45, 7) is 5.41. The highest BCUT2D eigenvalue weighted by molar-refractivity contribution is 6.32. The first-order valence-electron chi connectivity index (χ1n) is 13.6. The van der Waals surface area contributed by atoms with Crippen molar-refractivity contribution in [1.82, 2.24) is 34.7 Å². The first kappa shape index (κ1) is 29.5. The molecule has 2 fully saturated rings. The Morgan fingerprint density at radius 2 is 1.81 bits per heavy atom. The molecule has 2 saturated heterocycles. The maximum absolute atomic E-state index is 13.0. The Balaban J connectivity index is 1.22. The van der Waals surface area contributed by atoms with Crippen molar-refractivity contribution in [3.63, 3.8) is 0 Å². The van der Waals surface area contributed by atoms with E-state index in [9.17, 15) is 14.4 Å². The Morgan fingerprint density at radius 1 is 1.05 bits per heavy atom. The summed E-state index contributed by atoms with van der Waals surface area (Å²) in [6.07, 6.45) is 3.83. The van der Waals surface area contributed by atoms with Gasteiger partial charge in [-0.15, -0.1) is 0 Å². The molecule has 0 aromatic carbocycles. The number of piperidine rings is 1. The van der Waals surface area contributed by atoms with Crippen molar-refractivity contribution in [2.24, 2.45) is 0 Å². The molecule has 0 aliphatic carbocycles. The lowest BCUT2D eigenvalue weighted by atomic mass is 9.97. The minimum Gasteiger partial charge on any atom is -0.383 e. The molecule has 1 atom stereocenters. The number of nitrogen functional groups attached to an aromatic ring is 2. The summed E-state index contributed by atoms with van der Waals surface area (Å²) in [7, 11) is 0. The second-order valence-corrected chi connectivity index (χ2v) is 10.9. The Bertz CT molecular complexity index is 1540. The van der Waals surface area contributed by atoms with Crippen LogP contribution in [0.4, 0.5) is 23.4 Å². The molecule has 0 bridgehead atoms. The van der Waals surface area contributed by atoms with Gasteiger partial charge in [0.2, 0.25) is 5.95 Å². The number of carbonyl (C=O) groups excluding carboxylic acids is 2. The number of nitrogens with zero attached hydrogens (tertiary/aromatic N) is 7. The SMILES string of the molecule is CC[C@H]1CN(c2nc(N)c(C(=O)Nc3nccc(=O)[nH]3)nc2Cl)CCN1C1CCN(C(=O)c2ccc(Cl)nc2N)CC1. The normalized spacial score (nSPS) is 18.2. The summed E-state index contributed by atoms with van der Waals surface area (Å²) in [6, 6.07) is 4.94. The summed E-state index contributed by atoms with van der Waals surface area (Å²) in [5, 5.41) is 2.75. The van der Waals surface area contributed by atoms with E-state index in [0.29, 0.717) is 43.6 Å². The quantitative estimate of drug-likeness (QED) is 0.296. The van der Waals surface area contributed by atoms with Crippen LogP contribution in [0.3, 0.4) is 0 Å². The lowest BCUT2D eigenvalue weighted by Gasteiger charge is -2.47. The molecule has 3 aromatic heterocycles. The topological polar surface area (TPSA) is 192 Å². The van der Waals surface area contributed by atoms with Crippen LogP contribution in [-0.2, 0) is 0 Å². The van der Waals surface area contributed by atoms with Gasteiger partial charge in [-0.3, -0.25) is 29.6 Å². The number of halogens is 2. The van der Waals surface area contributed by atoms with Gasteiger partial charge in [-0.05, 0) is 31.4 Å². The average molecular weight is 617 g/mol. The molecule has 0 saturated carbocycles. The highest BCUT2D eigenvalue weighted by atomic mass is 35.5. The van der Waals surface area contributed by atoms with Gasteiger partial charge in [0.1, 0.15) is 11.0 Å². The molecule has 6 N–H and O–H groups in total. The van der Waals surface area contributed by atoms with E-state index in [0.717, 1.165) is 25.8 Å². The molecule has 2 aliphatic heterocycles. The number of nitrogens with one attached hydrogen (secondary N) is 2. The molecular weight excluding hydrogens is 585 g/mol. The van der Waals surface area contributed by atoms with E-state index in [4.69, 9.17) is 34.7 Å². The Labute approximate surface area is 251 Å². The van der Waals surface area contributed by atoms with Gasteiger partial charge in [0.25, 0.3) is 17.4 Å². The van der Waals surface area contributed by atoms with Crippen molar-refractivity contribution in [2.45, 2.75) is 38.3 Å². The number of carbonyl (C=O) groups is 2. The largest absolute Gasteiger partial charge is 0.383 e. The van der Waals surface area contributed by atoms with Crippen LogP contribution < -0.4 is 27.2 Å². The van der Waals surface area contributed by atoms with E-state index in [1.54, 1.807) is 12.1 Å². The molecule has 2 aliphatic rings. The molecule has 14 nitrogen and oxygen atoms in total. The van der Waals surface area contributed by atoms with Gasteiger partial charge in [0.15, 0.2) is 22.5 Å². The van der Waals surface area contributed by atoms with Gasteiger partial charge in [0.05, 0.1) is 5.56 Å². The lowest BCUT2D eigenvalue weighted by Crippen LogP contribution is -2.58. The average Bonchev–Trinajstić information content (AvgIpc) is 2.97. The van der Waals surface area contributed by atoms with Crippen LogP contribution in [0.1, 0.15) is 47.0 Å². The third-order valence-electron chi connectivity index (χ3n) is 7.62. The van der Waals surface area contributed by atoms with Crippen molar-refractivity contribution in [3.05, 3.63) is 56.3 Å². The Kier molecular flexibility index (Phi) is 8.75. The van der Waals surface area contributed by atoms with Crippen molar-refractivity contribution >= 4 is 58.4 Å². The molecule has 0 spiro atoms. The van der Waals surface area contributed by atoms with Gasteiger partial charge in [-0.1, -0.05) is 30.1 Å². The van der Waals surface area contributed by atoms with Crippen molar-refractivity contribution in [3.8, 4) is 0 Å². The van der Waals surface area contributed by atoms with Crippen LogP contribution >= 0.6 is 23.2 Å². The zero-order valence-electron chi connectivity index (χ0n) is 22.9. The fourth-order valence-electron chi connectivity index (χ4n) is 5.50. The standard InChI is InChI=1S/C26H31Cl2N11O3/c1-2-14-13-38(23-20(28)34-19(22(30)35-23)24(41)36-26-31-8-5-18(40)33-26)11-12-39(14)15-6-9-37(10-7-15)25(42)16-3-4-17(27)32-21(16)29/h3-5,8,14-15H,2,6-7,9-13H2,1H3,(H2,29,32)(H2,30,35)(H2,31,33,36,40,41)/t14-/m0/s1. The number of rotatable bonds is 6. The van der Waals surface area contributed by atoms with Crippen LogP contribution in [0, 0.1) is 0 Å². The Morgan fingerprint density at radius 3 is 2.50 bits per heavy atom. The number of H-pyrrole nitrogens is 1. The predicted octanol–water partition coefficient (Wildman–Crippen LogP) is 1.88. The van der Waals surface area contributed by atoms with Gasteiger partial charge in [-0.2, -0.15) is 0 Å². The summed E-state index contributed by atoms with van der Waals surface area (Å²) < 4.78 is 0. The number of anilines is 4. The predicted molar refractivity (Wildman–Crippen MR) is 160 cm³/mol. The van der Waals surface area contributed by atoms with E-state index < -0.39 is 11.5 Å². The van der Waals surface area contributed by atoms with E-state index in [1.807, 2.05) is 9.80 Å². The molecule has 0 unspecified atom stereocenters. The molecule has 222 valence electrons. The smallest absolute Gasteiger partial charge is 0.280 e. The molecule has 2 amide bonds. The van der Waals surface area contributed by atoms with Gasteiger partial charge in [0, 0.05) is 57.1 Å². The van der Waals surface area contributed by atoms with Crippen molar-refractivity contribution in [1.29, 1.82) is 0 Å². The number of piperazine rings is 1. The number of aromatic nitrogens is 5. The van der Waals surface area contributed by atoms with Crippen LogP contribution in [0.5, 0.6) is 0 Å². The van der Waals surface area contributed by atoms with Gasteiger partial charge < -0.3 is 21.3 Å². The third kappa shape index (κ3) is 6.25. The zero-order chi connectivity index (χ0) is 30.0. The summed E-state index contributed by atoms with van der Waals surface area (Å²) in [4.78, 5) is 62.5. The van der Waals surface area contributed by atoms with E-state index in [-0.39, 0.29) is 45.5 Å². The zero-order valence-corrected chi connectivity index (χ0v) is 24.4. The maximum Gasteiger partial charge on any atom is 0.280 e.